The monoisotopic (exact) mass is 411 g/mol. The Kier molecular flexibility index (Phi) is 5.45. The highest BCUT2D eigenvalue weighted by molar-refractivity contribution is 8.01. The van der Waals surface area contributed by atoms with E-state index in [0.29, 0.717) is 11.3 Å². The fraction of sp³-hybridized carbons (Fsp3) is 0.0526. The Morgan fingerprint density at radius 3 is 2.89 bits per heavy atom. The Labute approximate surface area is 167 Å². The molecule has 2 aromatic heterocycles. The van der Waals surface area contributed by atoms with Gasteiger partial charge in [0.15, 0.2) is 4.34 Å². The molecule has 0 aliphatic heterocycles. The Morgan fingerprint density at radius 2 is 2.07 bits per heavy atom. The molecule has 4 aromatic rings. The number of H-pyrrole nitrogens is 1. The number of benzene rings is 2. The van der Waals surface area contributed by atoms with E-state index in [1.165, 1.54) is 30.1 Å². The minimum atomic E-state index is -0.309. The summed E-state index contributed by atoms with van der Waals surface area (Å²) >= 11 is 2.93. The number of hydrogen-bond donors (Lipinski definition) is 2. The number of thioether (sulfide) groups is 1. The number of nitrogens with zero attached hydrogens (tertiary/aromatic N) is 3. The van der Waals surface area contributed by atoms with Crippen LogP contribution in [-0.2, 0) is 4.79 Å². The van der Waals surface area contributed by atoms with Crippen LogP contribution in [0.4, 0.5) is 4.39 Å². The van der Waals surface area contributed by atoms with Crippen LogP contribution in [0.3, 0.4) is 0 Å². The number of halogens is 1. The first-order valence-corrected chi connectivity index (χ1v) is 10.1. The van der Waals surface area contributed by atoms with Gasteiger partial charge in [-0.25, -0.2) is 14.8 Å². The van der Waals surface area contributed by atoms with Gasteiger partial charge >= 0.3 is 0 Å². The average molecular weight is 411 g/mol. The molecule has 0 unspecified atom stereocenters. The molecule has 0 aliphatic carbocycles. The quantitative estimate of drug-likeness (QED) is 0.285. The van der Waals surface area contributed by atoms with Gasteiger partial charge in [-0.3, -0.25) is 9.89 Å². The van der Waals surface area contributed by atoms with Crippen LogP contribution in [0.2, 0.25) is 0 Å². The van der Waals surface area contributed by atoms with Crippen molar-refractivity contribution in [1.29, 1.82) is 0 Å². The summed E-state index contributed by atoms with van der Waals surface area (Å²) in [5.74, 6) is -0.323. The zero-order chi connectivity index (χ0) is 19.3. The minimum absolute atomic E-state index is 0.216. The van der Waals surface area contributed by atoms with Gasteiger partial charge in [-0.05, 0) is 36.4 Å². The van der Waals surface area contributed by atoms with Crippen LogP contribution in [0.1, 0.15) is 5.56 Å². The van der Waals surface area contributed by atoms with Crippen LogP contribution in [0, 0.1) is 5.82 Å². The lowest BCUT2D eigenvalue weighted by Crippen LogP contribution is -2.19. The van der Waals surface area contributed by atoms with Crippen molar-refractivity contribution in [3.8, 4) is 11.3 Å². The second kappa shape index (κ2) is 8.32. The average Bonchev–Trinajstić information content (AvgIpc) is 3.33. The summed E-state index contributed by atoms with van der Waals surface area (Å²) in [6.45, 7) is 0. The van der Waals surface area contributed by atoms with E-state index in [1.807, 2.05) is 24.3 Å². The number of nitrogens with one attached hydrogen (secondary N) is 2. The van der Waals surface area contributed by atoms with Crippen LogP contribution in [-0.4, -0.2) is 33.1 Å². The molecule has 0 fully saturated rings. The molecule has 1 amide bonds. The van der Waals surface area contributed by atoms with Crippen molar-refractivity contribution >= 4 is 45.4 Å². The predicted molar refractivity (Wildman–Crippen MR) is 110 cm³/mol. The van der Waals surface area contributed by atoms with Crippen molar-refractivity contribution in [3.05, 3.63) is 66.1 Å². The number of rotatable bonds is 6. The highest BCUT2D eigenvalue weighted by atomic mass is 32.2. The molecule has 0 spiro atoms. The Hall–Kier alpha value is -3.04. The van der Waals surface area contributed by atoms with Gasteiger partial charge in [0.05, 0.1) is 34.1 Å². The summed E-state index contributed by atoms with van der Waals surface area (Å²) in [6, 6.07) is 13.9. The summed E-state index contributed by atoms with van der Waals surface area (Å²) in [6.07, 6.45) is 3.09. The molecule has 28 heavy (non-hydrogen) atoms. The number of aromatic amines is 1. The van der Waals surface area contributed by atoms with Crippen molar-refractivity contribution in [1.82, 2.24) is 20.6 Å². The van der Waals surface area contributed by atoms with Crippen LogP contribution < -0.4 is 5.43 Å². The standard InChI is InChI=1S/C19H14FN5OS2/c20-14-7-5-12(6-8-14)18-13(10-22-25-18)9-21-24-17(26)11-27-19-23-15-3-1-2-4-16(15)28-19/h1-10H,11H2,(H,22,25)(H,24,26)/b21-9+. The number of hydrazone groups is 1. The van der Waals surface area contributed by atoms with Gasteiger partial charge in [0.25, 0.3) is 5.91 Å². The van der Waals surface area contributed by atoms with Crippen LogP contribution in [0.15, 0.2) is 64.2 Å². The van der Waals surface area contributed by atoms with Gasteiger partial charge in [-0.2, -0.15) is 10.2 Å². The molecule has 9 heteroatoms. The largest absolute Gasteiger partial charge is 0.277 e. The molecule has 0 aliphatic rings. The molecule has 6 nitrogen and oxygen atoms in total. The predicted octanol–water partition coefficient (Wildman–Crippen LogP) is 4.07. The van der Waals surface area contributed by atoms with Crippen LogP contribution >= 0.6 is 23.1 Å². The lowest BCUT2D eigenvalue weighted by molar-refractivity contribution is -0.118. The maximum Gasteiger partial charge on any atom is 0.250 e. The number of para-hydroxylation sites is 1. The van der Waals surface area contributed by atoms with E-state index >= 15 is 0 Å². The lowest BCUT2D eigenvalue weighted by Gasteiger charge is -2.00. The van der Waals surface area contributed by atoms with E-state index in [4.69, 9.17) is 0 Å². The van der Waals surface area contributed by atoms with E-state index in [1.54, 1.807) is 29.7 Å². The third-order valence-corrected chi connectivity index (χ3v) is 5.97. The smallest absolute Gasteiger partial charge is 0.250 e. The Morgan fingerprint density at radius 1 is 1.25 bits per heavy atom. The first kappa shape index (κ1) is 18.3. The molecule has 0 saturated carbocycles. The van der Waals surface area contributed by atoms with Crippen molar-refractivity contribution in [2.45, 2.75) is 4.34 Å². The number of fused-ring (bicyclic) bond motifs is 1. The van der Waals surface area contributed by atoms with Crippen LogP contribution in [0.25, 0.3) is 21.5 Å². The van der Waals surface area contributed by atoms with Crippen molar-refractivity contribution in [3.63, 3.8) is 0 Å². The number of thiazole rings is 1. The second-order valence-corrected chi connectivity index (χ2v) is 7.99. The van der Waals surface area contributed by atoms with Crippen LogP contribution in [0.5, 0.6) is 0 Å². The number of amides is 1. The van der Waals surface area contributed by atoms with E-state index in [-0.39, 0.29) is 17.5 Å². The first-order valence-electron chi connectivity index (χ1n) is 8.28. The first-order chi connectivity index (χ1) is 13.7. The molecule has 2 heterocycles. The zero-order valence-corrected chi connectivity index (χ0v) is 16.1. The van der Waals surface area contributed by atoms with Gasteiger partial charge < -0.3 is 0 Å². The van der Waals surface area contributed by atoms with Gasteiger partial charge in [-0.1, -0.05) is 23.9 Å². The van der Waals surface area contributed by atoms with E-state index in [0.717, 1.165) is 20.1 Å². The topological polar surface area (TPSA) is 83.0 Å². The highest BCUT2D eigenvalue weighted by Gasteiger charge is 2.08. The molecule has 2 N–H and O–H groups in total. The normalized spacial score (nSPS) is 11.3. The fourth-order valence-corrected chi connectivity index (χ4v) is 4.35. The molecule has 0 bridgehead atoms. The maximum atomic E-state index is 13.1. The molecule has 0 atom stereocenters. The number of carbonyl (C=O) groups is 1. The van der Waals surface area contributed by atoms with Gasteiger partial charge in [0.2, 0.25) is 0 Å². The minimum Gasteiger partial charge on any atom is -0.277 e. The van der Waals surface area contributed by atoms with Gasteiger partial charge in [-0.15, -0.1) is 11.3 Å². The SMILES string of the molecule is O=C(CSc1nc2ccccc2s1)N/N=C/c1cn[nH]c1-c1ccc(F)cc1. The summed E-state index contributed by atoms with van der Waals surface area (Å²) in [5.41, 5.74) is 5.59. The molecular weight excluding hydrogens is 397 g/mol. The zero-order valence-electron chi connectivity index (χ0n) is 14.4. The van der Waals surface area contributed by atoms with E-state index < -0.39 is 0 Å². The van der Waals surface area contributed by atoms with Crippen molar-refractivity contribution < 1.29 is 9.18 Å². The second-order valence-electron chi connectivity index (χ2n) is 5.74. The molecule has 4 rings (SSSR count). The summed E-state index contributed by atoms with van der Waals surface area (Å²) in [5, 5.41) is 10.8. The number of hydrogen-bond acceptors (Lipinski definition) is 6. The van der Waals surface area contributed by atoms with Crippen molar-refractivity contribution in [2.24, 2.45) is 5.10 Å². The summed E-state index contributed by atoms with van der Waals surface area (Å²) in [7, 11) is 0. The summed E-state index contributed by atoms with van der Waals surface area (Å²) in [4.78, 5) is 16.5. The molecule has 0 saturated heterocycles. The Balaban J connectivity index is 1.34. The summed E-state index contributed by atoms with van der Waals surface area (Å²) < 4.78 is 15.0. The molecule has 0 radical (unpaired) electrons. The third kappa shape index (κ3) is 4.26. The highest BCUT2D eigenvalue weighted by Crippen LogP contribution is 2.29. The third-order valence-electron chi connectivity index (χ3n) is 3.80. The van der Waals surface area contributed by atoms with Gasteiger partial charge in [0.1, 0.15) is 5.82 Å². The van der Waals surface area contributed by atoms with E-state index in [9.17, 15) is 9.18 Å². The van der Waals surface area contributed by atoms with Crippen molar-refractivity contribution in [2.75, 3.05) is 5.75 Å². The van der Waals surface area contributed by atoms with E-state index in [2.05, 4.69) is 25.7 Å². The fourth-order valence-electron chi connectivity index (χ4n) is 2.49. The molecule has 2 aromatic carbocycles. The Bertz CT molecular complexity index is 1100. The number of aromatic nitrogens is 3. The lowest BCUT2D eigenvalue weighted by atomic mass is 10.1. The molecular formula is C19H14FN5OS2. The number of carbonyl (C=O) groups excluding carboxylic acids is 1. The molecule has 140 valence electrons. The van der Waals surface area contributed by atoms with Gasteiger partial charge in [0, 0.05) is 11.1 Å². The maximum absolute atomic E-state index is 13.1.